The number of nitrogens with one attached hydrogen (secondary N) is 1. The molecule has 0 unspecified atom stereocenters. The van der Waals surface area contributed by atoms with Crippen LogP contribution < -0.4 is 10.1 Å². The van der Waals surface area contributed by atoms with Crippen LogP contribution in [0.25, 0.3) is 16.8 Å². The van der Waals surface area contributed by atoms with E-state index in [2.05, 4.69) is 19.2 Å². The van der Waals surface area contributed by atoms with Crippen molar-refractivity contribution in [3.63, 3.8) is 0 Å². The number of nitrogens with zero attached hydrogens (tertiary/aromatic N) is 2. The van der Waals surface area contributed by atoms with Crippen LogP contribution in [0.3, 0.4) is 0 Å². The van der Waals surface area contributed by atoms with E-state index in [9.17, 15) is 9.59 Å². The van der Waals surface area contributed by atoms with Crippen molar-refractivity contribution in [2.75, 3.05) is 5.32 Å². The first-order valence-electron chi connectivity index (χ1n) is 11.6. The number of carbonyl (C=O) groups is 2. The van der Waals surface area contributed by atoms with Gasteiger partial charge in [0.15, 0.2) is 0 Å². The first-order chi connectivity index (χ1) is 16.7. The number of carbonyl (C=O) groups excluding carboxylic acids is 2. The van der Waals surface area contributed by atoms with Gasteiger partial charge in [0.05, 0.1) is 16.9 Å². The third-order valence-corrected chi connectivity index (χ3v) is 5.65. The predicted molar refractivity (Wildman–Crippen MR) is 138 cm³/mol. The van der Waals surface area contributed by atoms with Crippen LogP contribution in [0.4, 0.5) is 5.69 Å². The van der Waals surface area contributed by atoms with Crippen LogP contribution in [0.15, 0.2) is 72.8 Å². The van der Waals surface area contributed by atoms with E-state index in [0.717, 1.165) is 33.6 Å². The normalized spacial score (nSPS) is 10.9. The lowest BCUT2D eigenvalue weighted by Gasteiger charge is -2.11. The predicted octanol–water partition coefficient (Wildman–Crippen LogP) is 6.46. The highest BCUT2D eigenvalue weighted by Crippen LogP contribution is 2.39. The monoisotopic (exact) mass is 467 g/mol. The van der Waals surface area contributed by atoms with E-state index in [-0.39, 0.29) is 11.8 Å². The zero-order valence-corrected chi connectivity index (χ0v) is 20.6. The molecule has 0 saturated carbocycles. The lowest BCUT2D eigenvalue weighted by atomic mass is 9.99. The smallest absolute Gasteiger partial charge is 0.309 e. The summed E-state index contributed by atoms with van der Waals surface area (Å²) in [6.45, 7) is 9.47. The number of amides is 1. The van der Waals surface area contributed by atoms with Crippen molar-refractivity contribution in [2.45, 2.75) is 40.5 Å². The number of benzene rings is 3. The van der Waals surface area contributed by atoms with Gasteiger partial charge in [-0.05, 0) is 61.7 Å². The highest BCUT2D eigenvalue weighted by Gasteiger charge is 2.25. The first kappa shape index (κ1) is 24.0. The lowest BCUT2D eigenvalue weighted by molar-refractivity contribution is -0.132. The van der Waals surface area contributed by atoms with E-state index < -0.39 is 5.97 Å². The van der Waals surface area contributed by atoms with Crippen molar-refractivity contribution in [3.05, 3.63) is 95.2 Å². The van der Waals surface area contributed by atoms with Crippen LogP contribution in [0.5, 0.6) is 5.88 Å². The molecule has 0 spiro atoms. The second-order valence-electron chi connectivity index (χ2n) is 8.96. The molecule has 178 valence electrons. The average Bonchev–Trinajstić information content (AvgIpc) is 3.19. The molecule has 4 aromatic rings. The highest BCUT2D eigenvalue weighted by molar-refractivity contribution is 6.04. The van der Waals surface area contributed by atoms with E-state index in [1.807, 2.05) is 80.6 Å². The van der Waals surface area contributed by atoms with Crippen molar-refractivity contribution < 1.29 is 14.3 Å². The van der Waals surface area contributed by atoms with Gasteiger partial charge in [0.1, 0.15) is 0 Å². The van der Waals surface area contributed by atoms with Gasteiger partial charge in [0.25, 0.3) is 5.91 Å². The van der Waals surface area contributed by atoms with Crippen LogP contribution in [0.1, 0.15) is 53.9 Å². The summed E-state index contributed by atoms with van der Waals surface area (Å²) in [7, 11) is 0. The number of aromatic nitrogens is 2. The fraction of sp³-hybridized carbons (Fsp3) is 0.207. The summed E-state index contributed by atoms with van der Waals surface area (Å²) in [4.78, 5) is 24.7. The standard InChI is InChI=1S/C29H29N3O3/c1-18(2)27-26(29(35-21(5)33)32(31-27)25-15-9-19(3)10-16-25)22-11-13-24(14-12-22)30-28(34)23-8-6-7-20(4)17-23/h6-18H,1-5H3,(H,30,34). The van der Waals surface area contributed by atoms with Crippen molar-refractivity contribution in [1.29, 1.82) is 0 Å². The van der Waals surface area contributed by atoms with Gasteiger partial charge in [-0.2, -0.15) is 9.78 Å². The largest absolute Gasteiger partial charge is 0.407 e. The molecular weight excluding hydrogens is 438 g/mol. The van der Waals surface area contributed by atoms with Gasteiger partial charge in [0, 0.05) is 18.2 Å². The fourth-order valence-electron chi connectivity index (χ4n) is 3.90. The summed E-state index contributed by atoms with van der Waals surface area (Å²) >= 11 is 0. The Morgan fingerprint density at radius 1 is 0.914 bits per heavy atom. The Labute approximate surface area is 205 Å². The zero-order chi connectivity index (χ0) is 25.1. The number of esters is 1. The Bertz CT molecular complexity index is 1370. The average molecular weight is 468 g/mol. The Morgan fingerprint density at radius 2 is 1.60 bits per heavy atom. The van der Waals surface area contributed by atoms with Gasteiger partial charge < -0.3 is 10.1 Å². The summed E-state index contributed by atoms with van der Waals surface area (Å²) in [5.41, 5.74) is 6.66. The van der Waals surface area contributed by atoms with Crippen LogP contribution in [0, 0.1) is 13.8 Å². The van der Waals surface area contributed by atoms with Crippen molar-refractivity contribution in [1.82, 2.24) is 9.78 Å². The number of rotatable bonds is 6. The van der Waals surface area contributed by atoms with Gasteiger partial charge in [-0.3, -0.25) is 9.59 Å². The summed E-state index contributed by atoms with van der Waals surface area (Å²) in [6, 6.07) is 22.8. The zero-order valence-electron chi connectivity index (χ0n) is 20.6. The van der Waals surface area contributed by atoms with E-state index in [1.54, 1.807) is 10.7 Å². The SMILES string of the molecule is CC(=O)Oc1c(-c2ccc(NC(=O)c3cccc(C)c3)cc2)c(C(C)C)nn1-c1ccc(C)cc1. The van der Waals surface area contributed by atoms with Gasteiger partial charge in [0.2, 0.25) is 5.88 Å². The molecule has 0 saturated heterocycles. The molecule has 0 aliphatic heterocycles. The van der Waals surface area contributed by atoms with Gasteiger partial charge in [-0.25, -0.2) is 0 Å². The lowest BCUT2D eigenvalue weighted by Crippen LogP contribution is -2.11. The number of aryl methyl sites for hydroxylation is 2. The molecule has 1 heterocycles. The van der Waals surface area contributed by atoms with Crippen LogP contribution in [-0.4, -0.2) is 21.7 Å². The molecule has 3 aromatic carbocycles. The van der Waals surface area contributed by atoms with E-state index >= 15 is 0 Å². The summed E-state index contributed by atoms with van der Waals surface area (Å²) < 4.78 is 7.38. The molecule has 6 nitrogen and oxygen atoms in total. The third-order valence-electron chi connectivity index (χ3n) is 5.65. The van der Waals surface area contributed by atoms with Gasteiger partial charge >= 0.3 is 5.97 Å². The molecule has 1 N–H and O–H groups in total. The molecule has 0 fully saturated rings. The molecule has 4 rings (SSSR count). The van der Waals surface area contributed by atoms with Crippen LogP contribution >= 0.6 is 0 Å². The van der Waals surface area contributed by atoms with Crippen molar-refractivity contribution in [3.8, 4) is 22.7 Å². The summed E-state index contributed by atoms with van der Waals surface area (Å²) in [5.74, 6) is -0.123. The molecule has 35 heavy (non-hydrogen) atoms. The minimum absolute atomic E-state index is 0.0895. The second kappa shape index (κ2) is 9.97. The second-order valence-corrected chi connectivity index (χ2v) is 8.96. The molecule has 0 aliphatic carbocycles. The number of hydrogen-bond acceptors (Lipinski definition) is 4. The van der Waals surface area contributed by atoms with Crippen molar-refractivity contribution >= 4 is 17.6 Å². The van der Waals surface area contributed by atoms with E-state index in [4.69, 9.17) is 9.84 Å². The van der Waals surface area contributed by atoms with Gasteiger partial charge in [-0.1, -0.05) is 61.4 Å². The Balaban J connectivity index is 1.73. The minimum Gasteiger partial charge on any atom is -0.407 e. The third kappa shape index (κ3) is 5.32. The van der Waals surface area contributed by atoms with Gasteiger partial charge in [-0.15, -0.1) is 0 Å². The van der Waals surface area contributed by atoms with E-state index in [1.165, 1.54) is 6.92 Å². The minimum atomic E-state index is -0.420. The molecule has 6 heteroatoms. The molecule has 0 bridgehead atoms. The molecular formula is C29H29N3O3. The molecule has 0 atom stereocenters. The maximum Gasteiger partial charge on any atom is 0.309 e. The Morgan fingerprint density at radius 3 is 2.20 bits per heavy atom. The summed E-state index contributed by atoms with van der Waals surface area (Å²) in [5, 5.41) is 7.77. The molecule has 1 amide bonds. The van der Waals surface area contributed by atoms with Crippen LogP contribution in [0.2, 0.25) is 0 Å². The Kier molecular flexibility index (Phi) is 6.82. The fourth-order valence-corrected chi connectivity index (χ4v) is 3.90. The number of anilines is 1. The van der Waals surface area contributed by atoms with Crippen molar-refractivity contribution in [2.24, 2.45) is 0 Å². The van der Waals surface area contributed by atoms with Crippen LogP contribution in [-0.2, 0) is 4.79 Å². The maximum atomic E-state index is 12.6. The van der Waals surface area contributed by atoms with E-state index in [0.29, 0.717) is 17.1 Å². The first-order valence-corrected chi connectivity index (χ1v) is 11.6. The molecule has 0 aliphatic rings. The maximum absolute atomic E-state index is 12.6. The summed E-state index contributed by atoms with van der Waals surface area (Å²) in [6.07, 6.45) is 0. The highest BCUT2D eigenvalue weighted by atomic mass is 16.5. The number of hydrogen-bond donors (Lipinski definition) is 1. The Hall–Kier alpha value is -4.19. The topological polar surface area (TPSA) is 73.2 Å². The number of ether oxygens (including phenoxy) is 1. The molecule has 1 aromatic heterocycles. The molecule has 0 radical (unpaired) electrons. The quantitative estimate of drug-likeness (QED) is 0.330.